The van der Waals surface area contributed by atoms with Crippen molar-refractivity contribution in [3.05, 3.63) is 80.4 Å². The molecular formula is C18H12BrN5O5S. The number of halogens is 1. The van der Waals surface area contributed by atoms with Crippen molar-refractivity contribution in [1.82, 2.24) is 9.97 Å². The molecule has 0 saturated heterocycles. The topological polar surface area (TPSA) is 137 Å². The van der Waals surface area contributed by atoms with Crippen LogP contribution in [0.2, 0.25) is 0 Å². The maximum atomic E-state index is 12.5. The third-order valence-corrected chi connectivity index (χ3v) is 5.23. The predicted molar refractivity (Wildman–Crippen MR) is 112 cm³/mol. The second-order valence-electron chi connectivity index (χ2n) is 5.56. The van der Waals surface area contributed by atoms with Gasteiger partial charge in [-0.3, -0.25) is 15.1 Å². The van der Waals surface area contributed by atoms with Gasteiger partial charge in [-0.2, -0.15) is 0 Å². The van der Waals surface area contributed by atoms with Crippen LogP contribution in [0, 0.1) is 15.0 Å². The van der Waals surface area contributed by atoms with Crippen LogP contribution in [0.3, 0.4) is 0 Å². The number of nitro groups is 1. The highest BCUT2D eigenvalue weighted by atomic mass is 79.9. The van der Waals surface area contributed by atoms with Crippen LogP contribution in [0.1, 0.15) is 0 Å². The fourth-order valence-electron chi connectivity index (χ4n) is 2.22. The van der Waals surface area contributed by atoms with Crippen LogP contribution in [0.25, 0.3) is 0 Å². The van der Waals surface area contributed by atoms with Gasteiger partial charge in [0.2, 0.25) is 5.16 Å². The number of benzene rings is 2. The van der Waals surface area contributed by atoms with E-state index in [-0.39, 0.29) is 16.6 Å². The molecule has 152 valence electrons. The normalized spacial score (nSPS) is 13.0. The van der Waals surface area contributed by atoms with Crippen molar-refractivity contribution in [3.63, 3.8) is 0 Å². The van der Waals surface area contributed by atoms with Gasteiger partial charge in [0, 0.05) is 23.4 Å². The maximum Gasteiger partial charge on any atom is 0.311 e. The number of nitrogens with zero attached hydrogens (tertiary/aromatic N) is 5. The molecule has 2 unspecified atom stereocenters. The summed E-state index contributed by atoms with van der Waals surface area (Å²) in [5, 5.41) is 14.0. The average molecular weight is 490 g/mol. The number of aromatic nitrogens is 2. The Morgan fingerprint density at radius 3 is 2.43 bits per heavy atom. The Labute approximate surface area is 180 Å². The summed E-state index contributed by atoms with van der Waals surface area (Å²) in [7, 11) is -1.56. The van der Waals surface area contributed by atoms with E-state index in [1.54, 1.807) is 24.3 Å². The van der Waals surface area contributed by atoms with E-state index in [0.29, 0.717) is 15.1 Å². The van der Waals surface area contributed by atoms with Crippen molar-refractivity contribution in [1.29, 1.82) is 0 Å². The smallest absolute Gasteiger partial charge is 0.311 e. The van der Waals surface area contributed by atoms with Gasteiger partial charge in [0.05, 0.1) is 21.3 Å². The van der Waals surface area contributed by atoms with Gasteiger partial charge in [-0.15, -0.1) is 4.91 Å². The van der Waals surface area contributed by atoms with Crippen LogP contribution in [0.15, 0.2) is 85.6 Å². The number of para-hydroxylation sites is 2. The summed E-state index contributed by atoms with van der Waals surface area (Å²) < 4.78 is 18.4. The van der Waals surface area contributed by atoms with Gasteiger partial charge < -0.3 is 4.74 Å². The van der Waals surface area contributed by atoms with Gasteiger partial charge in [-0.1, -0.05) is 12.1 Å². The molecule has 1 aromatic heterocycles. The Morgan fingerprint density at radius 1 is 1.13 bits per heavy atom. The van der Waals surface area contributed by atoms with E-state index in [0.717, 1.165) is 6.21 Å². The molecule has 3 rings (SSSR count). The zero-order valence-corrected chi connectivity index (χ0v) is 17.4. The molecule has 0 radical (unpaired) electrons. The van der Waals surface area contributed by atoms with Crippen LogP contribution in [-0.2, 0) is 10.8 Å². The standard InChI is InChI=1S/C18H12BrN5O5S/c19-12-9-21-18(22-10-12)30(28)14-7-5-13(6-8-14)20-11-17(23-25)29-16-4-2-1-3-15(16)24(26)27/h1-11,17H. The summed E-state index contributed by atoms with van der Waals surface area (Å²) in [6, 6.07) is 12.0. The molecule has 0 aliphatic heterocycles. The van der Waals surface area contributed by atoms with E-state index in [1.165, 1.54) is 36.7 Å². The van der Waals surface area contributed by atoms with Gasteiger partial charge in [-0.25, -0.2) is 14.2 Å². The van der Waals surface area contributed by atoms with Crippen molar-refractivity contribution >= 4 is 44.3 Å². The number of ether oxygens (including phenoxy) is 1. The molecule has 0 amide bonds. The first-order valence-electron chi connectivity index (χ1n) is 8.24. The Bertz CT molecular complexity index is 1110. The Hall–Kier alpha value is -3.38. The van der Waals surface area contributed by atoms with Gasteiger partial charge in [0.15, 0.2) is 5.75 Å². The summed E-state index contributed by atoms with van der Waals surface area (Å²) in [4.78, 5) is 34.0. The third-order valence-electron chi connectivity index (χ3n) is 3.58. The molecule has 0 aliphatic rings. The fraction of sp³-hybridized carbons (Fsp3) is 0.0556. The van der Waals surface area contributed by atoms with E-state index in [2.05, 4.69) is 36.1 Å². The number of hydrogen-bond donors (Lipinski definition) is 0. The van der Waals surface area contributed by atoms with Crippen molar-refractivity contribution in [2.75, 3.05) is 0 Å². The molecular weight excluding hydrogens is 478 g/mol. The largest absolute Gasteiger partial charge is 0.453 e. The minimum atomic E-state index is -1.56. The third kappa shape index (κ3) is 5.36. The first kappa shape index (κ1) is 21.3. The molecule has 0 saturated carbocycles. The number of nitroso groups, excluding NO2 is 1. The Balaban J connectivity index is 1.71. The molecule has 0 bridgehead atoms. The predicted octanol–water partition coefficient (Wildman–Crippen LogP) is 4.19. The van der Waals surface area contributed by atoms with Crippen LogP contribution < -0.4 is 4.74 Å². The molecule has 10 nitrogen and oxygen atoms in total. The quantitative estimate of drug-likeness (QED) is 0.152. The summed E-state index contributed by atoms with van der Waals surface area (Å²) >= 11 is 3.21. The Morgan fingerprint density at radius 2 is 1.80 bits per heavy atom. The Kier molecular flexibility index (Phi) is 7.03. The highest BCUT2D eigenvalue weighted by Crippen LogP contribution is 2.27. The lowest BCUT2D eigenvalue weighted by Gasteiger charge is -2.08. The average Bonchev–Trinajstić information content (AvgIpc) is 2.77. The maximum absolute atomic E-state index is 12.5. The SMILES string of the molecule is O=NC(C=Nc1ccc(S(=O)c2ncc(Br)cn2)cc1)Oc1ccccc1[N+](=O)[O-]. The van der Waals surface area contributed by atoms with Crippen molar-refractivity contribution in [2.45, 2.75) is 16.3 Å². The number of rotatable bonds is 8. The molecule has 30 heavy (non-hydrogen) atoms. The van der Waals surface area contributed by atoms with Crippen LogP contribution in [0.5, 0.6) is 5.75 Å². The van der Waals surface area contributed by atoms with Crippen LogP contribution in [0.4, 0.5) is 11.4 Å². The summed E-state index contributed by atoms with van der Waals surface area (Å²) in [5.74, 6) is -0.0983. The highest BCUT2D eigenvalue weighted by Gasteiger charge is 2.18. The molecule has 12 heteroatoms. The second kappa shape index (κ2) is 9.89. The second-order valence-corrected chi connectivity index (χ2v) is 7.85. The van der Waals surface area contributed by atoms with Crippen LogP contribution in [-0.4, -0.2) is 31.5 Å². The van der Waals surface area contributed by atoms with E-state index in [4.69, 9.17) is 4.74 Å². The van der Waals surface area contributed by atoms with E-state index in [9.17, 15) is 19.2 Å². The lowest BCUT2D eigenvalue weighted by Crippen LogP contribution is -2.15. The highest BCUT2D eigenvalue weighted by molar-refractivity contribution is 9.10. The summed E-state index contributed by atoms with van der Waals surface area (Å²) in [6.45, 7) is 0. The van der Waals surface area contributed by atoms with E-state index >= 15 is 0 Å². The molecule has 0 spiro atoms. The van der Waals surface area contributed by atoms with Gasteiger partial charge >= 0.3 is 5.69 Å². The molecule has 1 heterocycles. The molecule has 0 fully saturated rings. The molecule has 3 aromatic rings. The van der Waals surface area contributed by atoms with Crippen molar-refractivity contribution in [3.8, 4) is 5.75 Å². The molecule has 0 N–H and O–H groups in total. The van der Waals surface area contributed by atoms with Crippen LogP contribution >= 0.6 is 15.9 Å². The number of hydrogen-bond acceptors (Lipinski definition) is 9. The number of nitro benzene ring substituents is 1. The van der Waals surface area contributed by atoms with E-state index in [1.807, 2.05) is 0 Å². The lowest BCUT2D eigenvalue weighted by molar-refractivity contribution is -0.386. The lowest BCUT2D eigenvalue weighted by atomic mass is 10.3. The summed E-state index contributed by atoms with van der Waals surface area (Å²) in [6.07, 6.45) is 2.76. The van der Waals surface area contributed by atoms with Crippen molar-refractivity contribution in [2.24, 2.45) is 10.2 Å². The zero-order valence-electron chi connectivity index (χ0n) is 15.0. The first-order chi connectivity index (χ1) is 14.5. The van der Waals surface area contributed by atoms with Gasteiger partial charge in [0.1, 0.15) is 10.8 Å². The molecule has 2 atom stereocenters. The first-order valence-corrected chi connectivity index (χ1v) is 10.2. The summed E-state index contributed by atoms with van der Waals surface area (Å²) in [5.41, 5.74) is 0.147. The fourth-order valence-corrected chi connectivity index (χ4v) is 3.32. The van der Waals surface area contributed by atoms with Gasteiger partial charge in [0.25, 0.3) is 6.23 Å². The monoisotopic (exact) mass is 489 g/mol. The minimum Gasteiger partial charge on any atom is -0.453 e. The molecule has 0 aliphatic carbocycles. The zero-order chi connectivity index (χ0) is 21.5. The number of aliphatic imine (C=N–C) groups is 1. The molecule has 2 aromatic carbocycles. The van der Waals surface area contributed by atoms with Crippen molar-refractivity contribution < 1.29 is 13.9 Å². The minimum absolute atomic E-state index is 0.0983. The van der Waals surface area contributed by atoms with Gasteiger partial charge in [-0.05, 0) is 51.4 Å². The van der Waals surface area contributed by atoms with E-state index < -0.39 is 22.0 Å².